The van der Waals surface area contributed by atoms with Gasteiger partial charge in [-0.3, -0.25) is 9.89 Å². The molecular formula is C22H25N7O. The highest BCUT2D eigenvalue weighted by molar-refractivity contribution is 5.94. The fraction of sp³-hybridized carbons (Fsp3) is 0.364. The van der Waals surface area contributed by atoms with Crippen LogP contribution in [0.4, 0.5) is 5.69 Å². The molecular weight excluding hydrogens is 378 g/mol. The van der Waals surface area contributed by atoms with Crippen LogP contribution in [-0.2, 0) is 0 Å². The second-order valence-electron chi connectivity index (χ2n) is 8.06. The highest BCUT2D eigenvalue weighted by atomic mass is 16.1. The van der Waals surface area contributed by atoms with Gasteiger partial charge in [0.25, 0.3) is 5.91 Å². The molecule has 2 aliphatic rings. The zero-order chi connectivity index (χ0) is 20.5. The van der Waals surface area contributed by atoms with Gasteiger partial charge in [-0.05, 0) is 63.3 Å². The number of aromatic amines is 1. The van der Waals surface area contributed by atoms with Crippen molar-refractivity contribution >= 4 is 22.5 Å². The number of para-hydroxylation sites is 1. The van der Waals surface area contributed by atoms with Crippen molar-refractivity contribution in [2.24, 2.45) is 10.3 Å². The Balaban J connectivity index is 1.23. The monoisotopic (exact) mass is 403 g/mol. The van der Waals surface area contributed by atoms with Crippen molar-refractivity contribution in [3.63, 3.8) is 0 Å². The molecule has 0 spiro atoms. The Morgan fingerprint density at radius 2 is 1.87 bits per heavy atom. The van der Waals surface area contributed by atoms with Crippen LogP contribution in [0.1, 0.15) is 34.9 Å². The van der Waals surface area contributed by atoms with Crippen molar-refractivity contribution in [1.82, 2.24) is 20.4 Å². The molecule has 1 aromatic heterocycles. The number of likely N-dealkylation sites (tertiary alicyclic amines) is 1. The molecule has 30 heavy (non-hydrogen) atoms. The molecule has 0 aliphatic carbocycles. The first-order valence-electron chi connectivity index (χ1n) is 10.4. The quantitative estimate of drug-likeness (QED) is 0.699. The van der Waals surface area contributed by atoms with Crippen molar-refractivity contribution < 1.29 is 4.79 Å². The molecule has 154 valence electrons. The van der Waals surface area contributed by atoms with Gasteiger partial charge in [0.1, 0.15) is 6.04 Å². The van der Waals surface area contributed by atoms with Crippen LogP contribution >= 0.6 is 0 Å². The van der Waals surface area contributed by atoms with Crippen molar-refractivity contribution in [3.8, 4) is 0 Å². The van der Waals surface area contributed by atoms with Gasteiger partial charge in [0.2, 0.25) is 0 Å². The molecule has 2 aromatic carbocycles. The van der Waals surface area contributed by atoms with E-state index in [9.17, 15) is 4.79 Å². The molecule has 1 saturated heterocycles. The maximum Gasteiger partial charge on any atom is 0.251 e. The van der Waals surface area contributed by atoms with E-state index in [1.165, 1.54) is 0 Å². The van der Waals surface area contributed by atoms with Crippen LogP contribution in [-0.4, -0.2) is 53.7 Å². The molecule has 1 amide bonds. The average Bonchev–Trinajstić information content (AvgIpc) is 3.42. The zero-order valence-electron chi connectivity index (χ0n) is 17.0. The summed E-state index contributed by atoms with van der Waals surface area (Å²) in [6.07, 6.45) is 2.00. The number of hydrogen-bond donors (Lipinski definition) is 2. The number of anilines is 1. The molecule has 5 rings (SSSR count). The van der Waals surface area contributed by atoms with E-state index in [1.807, 2.05) is 53.5 Å². The number of amides is 1. The van der Waals surface area contributed by atoms with Crippen molar-refractivity contribution in [2.45, 2.75) is 24.9 Å². The van der Waals surface area contributed by atoms with Crippen LogP contribution < -0.4 is 10.3 Å². The van der Waals surface area contributed by atoms with Crippen LogP contribution in [0.3, 0.4) is 0 Å². The van der Waals surface area contributed by atoms with Crippen LogP contribution in [0, 0.1) is 0 Å². The number of piperidine rings is 1. The maximum absolute atomic E-state index is 12.6. The summed E-state index contributed by atoms with van der Waals surface area (Å²) in [5, 5.41) is 22.3. The number of nitrogens with zero attached hydrogens (tertiary/aromatic N) is 5. The third kappa shape index (κ3) is 3.66. The van der Waals surface area contributed by atoms with Crippen molar-refractivity contribution in [3.05, 3.63) is 59.8 Å². The number of benzene rings is 2. The molecule has 2 N–H and O–H groups in total. The second kappa shape index (κ2) is 7.87. The SMILES string of the molecule is CN1CCC(NC(=O)c2ccc(N3CC(c4[nH]nc5ccccc45)N=N3)cc2)CC1. The summed E-state index contributed by atoms with van der Waals surface area (Å²) in [4.78, 5) is 14.9. The molecule has 0 saturated carbocycles. The van der Waals surface area contributed by atoms with E-state index in [2.05, 4.69) is 37.8 Å². The Morgan fingerprint density at radius 3 is 2.67 bits per heavy atom. The molecule has 3 aromatic rings. The van der Waals surface area contributed by atoms with E-state index in [4.69, 9.17) is 0 Å². The van der Waals surface area contributed by atoms with E-state index < -0.39 is 0 Å². The van der Waals surface area contributed by atoms with Crippen LogP contribution in [0.15, 0.2) is 58.9 Å². The Labute approximate surface area is 174 Å². The normalized spacial score (nSPS) is 20.2. The molecule has 3 heterocycles. The topological polar surface area (TPSA) is 89.0 Å². The van der Waals surface area contributed by atoms with Gasteiger partial charge in [0.15, 0.2) is 0 Å². The molecule has 1 unspecified atom stereocenters. The van der Waals surface area contributed by atoms with Gasteiger partial charge < -0.3 is 10.2 Å². The maximum atomic E-state index is 12.6. The van der Waals surface area contributed by atoms with Gasteiger partial charge in [0.05, 0.1) is 23.4 Å². The predicted octanol–water partition coefficient (Wildman–Crippen LogP) is 3.32. The number of aromatic nitrogens is 2. The third-order valence-electron chi connectivity index (χ3n) is 5.95. The number of rotatable bonds is 4. The first-order valence-corrected chi connectivity index (χ1v) is 10.4. The van der Waals surface area contributed by atoms with Gasteiger partial charge in [0, 0.05) is 17.0 Å². The highest BCUT2D eigenvalue weighted by Crippen LogP contribution is 2.31. The number of hydrogen-bond acceptors (Lipinski definition) is 6. The summed E-state index contributed by atoms with van der Waals surface area (Å²) in [5.41, 5.74) is 3.50. The minimum Gasteiger partial charge on any atom is -0.349 e. The van der Waals surface area contributed by atoms with E-state index in [0.29, 0.717) is 12.1 Å². The van der Waals surface area contributed by atoms with E-state index in [0.717, 1.165) is 48.2 Å². The summed E-state index contributed by atoms with van der Waals surface area (Å²) in [7, 11) is 2.12. The second-order valence-corrected chi connectivity index (χ2v) is 8.06. The average molecular weight is 403 g/mol. The molecule has 1 atom stereocenters. The lowest BCUT2D eigenvalue weighted by Gasteiger charge is -2.29. The molecule has 0 bridgehead atoms. The van der Waals surface area contributed by atoms with Gasteiger partial charge in [-0.25, -0.2) is 5.01 Å². The Kier molecular flexibility index (Phi) is 4.92. The first kappa shape index (κ1) is 18.7. The number of H-pyrrole nitrogens is 1. The fourth-order valence-electron chi connectivity index (χ4n) is 4.11. The Bertz CT molecular complexity index is 1070. The molecule has 2 aliphatic heterocycles. The zero-order valence-corrected chi connectivity index (χ0v) is 17.0. The first-order chi connectivity index (χ1) is 14.7. The smallest absolute Gasteiger partial charge is 0.251 e. The lowest BCUT2D eigenvalue weighted by atomic mass is 10.0. The summed E-state index contributed by atoms with van der Waals surface area (Å²) >= 11 is 0. The predicted molar refractivity (Wildman–Crippen MR) is 115 cm³/mol. The van der Waals surface area contributed by atoms with E-state index in [-0.39, 0.29) is 18.0 Å². The van der Waals surface area contributed by atoms with Gasteiger partial charge in [-0.2, -0.15) is 10.2 Å². The van der Waals surface area contributed by atoms with Gasteiger partial charge >= 0.3 is 0 Å². The number of carbonyl (C=O) groups excluding carboxylic acids is 1. The van der Waals surface area contributed by atoms with Crippen LogP contribution in [0.2, 0.25) is 0 Å². The largest absolute Gasteiger partial charge is 0.349 e. The Morgan fingerprint density at radius 1 is 1.10 bits per heavy atom. The van der Waals surface area contributed by atoms with Crippen molar-refractivity contribution in [2.75, 3.05) is 31.7 Å². The standard InChI is InChI=1S/C22H25N7O/c1-28-12-10-16(11-13-28)23-22(30)15-6-8-17(9-7-15)29-14-20(25-27-29)21-18-4-2-3-5-19(18)24-26-21/h2-9,16,20H,10-14H2,1H3,(H,23,30)(H,24,26). The van der Waals surface area contributed by atoms with E-state index >= 15 is 0 Å². The molecule has 1 fully saturated rings. The third-order valence-corrected chi connectivity index (χ3v) is 5.95. The lowest BCUT2D eigenvalue weighted by molar-refractivity contribution is 0.0917. The molecule has 8 heteroatoms. The minimum absolute atomic E-state index is 0.0130. The highest BCUT2D eigenvalue weighted by Gasteiger charge is 2.26. The summed E-state index contributed by atoms with van der Waals surface area (Å²) in [6.45, 7) is 2.68. The van der Waals surface area contributed by atoms with Gasteiger partial charge in [-0.1, -0.05) is 23.4 Å². The van der Waals surface area contributed by atoms with Crippen LogP contribution in [0.5, 0.6) is 0 Å². The molecule has 8 nitrogen and oxygen atoms in total. The number of carbonyl (C=O) groups is 1. The minimum atomic E-state index is -0.0928. The summed E-state index contributed by atoms with van der Waals surface area (Å²) in [6, 6.07) is 15.7. The summed E-state index contributed by atoms with van der Waals surface area (Å²) < 4.78 is 0. The number of fused-ring (bicyclic) bond motifs is 1. The lowest BCUT2D eigenvalue weighted by Crippen LogP contribution is -2.43. The summed E-state index contributed by atoms with van der Waals surface area (Å²) in [5.74, 6) is -0.0130. The van der Waals surface area contributed by atoms with Crippen molar-refractivity contribution in [1.29, 1.82) is 0 Å². The fourth-order valence-corrected chi connectivity index (χ4v) is 4.11. The Hall–Kier alpha value is -3.26. The van der Waals surface area contributed by atoms with Crippen LogP contribution in [0.25, 0.3) is 10.9 Å². The number of nitrogens with one attached hydrogen (secondary N) is 2. The molecule has 0 radical (unpaired) electrons. The van der Waals surface area contributed by atoms with E-state index in [1.54, 1.807) is 0 Å². The van der Waals surface area contributed by atoms with Gasteiger partial charge in [-0.15, -0.1) is 0 Å².